The molecule has 3 rings (SSSR count). The van der Waals surface area contributed by atoms with E-state index in [0.29, 0.717) is 5.56 Å². The zero-order chi connectivity index (χ0) is 17.6. The maximum atomic E-state index is 12.5. The average molecular weight is 332 g/mol. The van der Waals surface area contributed by atoms with Crippen LogP contribution in [0.25, 0.3) is 0 Å². The first-order valence-electron chi connectivity index (χ1n) is 8.13. The van der Waals surface area contributed by atoms with Gasteiger partial charge in [-0.3, -0.25) is 4.98 Å². The molecule has 4 nitrogen and oxygen atoms in total. The van der Waals surface area contributed by atoms with E-state index in [1.165, 1.54) is 5.56 Å². The largest absolute Gasteiger partial charge is 0.457 e. The number of benzene rings is 2. The van der Waals surface area contributed by atoms with Crippen molar-refractivity contribution in [3.8, 4) is 0 Å². The molecule has 0 spiro atoms. The minimum absolute atomic E-state index is 0.199. The number of nitrogens with zero attached hydrogens (tertiary/aromatic N) is 1. The van der Waals surface area contributed by atoms with Crippen molar-refractivity contribution in [3.63, 3.8) is 0 Å². The molecule has 0 saturated carbocycles. The molecule has 1 aromatic heterocycles. The molecule has 0 aliphatic rings. The first kappa shape index (κ1) is 16.7. The smallest absolute Gasteiger partial charge is 0.340 e. The van der Waals surface area contributed by atoms with E-state index in [0.717, 1.165) is 22.5 Å². The highest BCUT2D eigenvalue weighted by atomic mass is 16.5. The number of aromatic nitrogens is 1. The fraction of sp³-hybridized carbons (Fsp3) is 0.143. The van der Waals surface area contributed by atoms with Crippen LogP contribution >= 0.6 is 0 Å². The molecule has 3 aromatic rings. The first-order chi connectivity index (χ1) is 12.1. The number of ether oxygens (including phenoxy) is 1. The van der Waals surface area contributed by atoms with Gasteiger partial charge in [0.05, 0.1) is 11.3 Å². The van der Waals surface area contributed by atoms with Crippen LogP contribution in [0.15, 0.2) is 67.0 Å². The number of carbonyl (C=O) groups is 1. The SMILES string of the molecule is Cc1cccc(Nc2ccccc2C(=O)OCc2cccnc2)c1C. The molecule has 1 N–H and O–H groups in total. The van der Waals surface area contributed by atoms with Crippen molar-refractivity contribution in [1.29, 1.82) is 0 Å². The molecule has 0 aliphatic heterocycles. The highest BCUT2D eigenvalue weighted by Crippen LogP contribution is 2.25. The zero-order valence-corrected chi connectivity index (χ0v) is 14.3. The molecular weight excluding hydrogens is 312 g/mol. The first-order valence-corrected chi connectivity index (χ1v) is 8.13. The number of para-hydroxylation sites is 1. The Balaban J connectivity index is 1.78. The second-order valence-electron chi connectivity index (χ2n) is 5.86. The highest BCUT2D eigenvalue weighted by Gasteiger charge is 2.13. The van der Waals surface area contributed by atoms with Gasteiger partial charge in [0, 0.05) is 23.6 Å². The quantitative estimate of drug-likeness (QED) is 0.682. The molecule has 2 aromatic carbocycles. The standard InChI is InChI=1S/C21H20N2O2/c1-15-7-5-11-19(16(15)2)23-20-10-4-3-9-18(20)21(24)25-14-17-8-6-12-22-13-17/h3-13,23H,14H2,1-2H3. The van der Waals surface area contributed by atoms with Crippen LogP contribution in [0.5, 0.6) is 0 Å². The number of carbonyl (C=O) groups excluding carboxylic acids is 1. The minimum Gasteiger partial charge on any atom is -0.457 e. The van der Waals surface area contributed by atoms with Crippen LogP contribution in [-0.4, -0.2) is 11.0 Å². The number of hydrogen-bond acceptors (Lipinski definition) is 4. The van der Waals surface area contributed by atoms with E-state index in [2.05, 4.69) is 30.2 Å². The fourth-order valence-corrected chi connectivity index (χ4v) is 2.51. The number of hydrogen-bond donors (Lipinski definition) is 1. The molecule has 0 unspecified atom stereocenters. The van der Waals surface area contributed by atoms with E-state index in [-0.39, 0.29) is 12.6 Å². The molecule has 1 heterocycles. The van der Waals surface area contributed by atoms with Crippen molar-refractivity contribution in [2.45, 2.75) is 20.5 Å². The molecule has 126 valence electrons. The van der Waals surface area contributed by atoms with Crippen LogP contribution in [-0.2, 0) is 11.3 Å². The molecule has 0 radical (unpaired) electrons. The Morgan fingerprint density at radius 1 is 1.00 bits per heavy atom. The summed E-state index contributed by atoms with van der Waals surface area (Å²) < 4.78 is 5.43. The Hall–Kier alpha value is -3.14. The molecular formula is C21H20N2O2. The van der Waals surface area contributed by atoms with Gasteiger partial charge >= 0.3 is 5.97 Å². The summed E-state index contributed by atoms with van der Waals surface area (Å²) >= 11 is 0. The van der Waals surface area contributed by atoms with Crippen molar-refractivity contribution >= 4 is 17.3 Å². The topological polar surface area (TPSA) is 51.2 Å². The van der Waals surface area contributed by atoms with Gasteiger partial charge in [-0.05, 0) is 49.2 Å². The monoisotopic (exact) mass is 332 g/mol. The number of aryl methyl sites for hydroxylation is 1. The number of anilines is 2. The van der Waals surface area contributed by atoms with Gasteiger partial charge in [0.25, 0.3) is 0 Å². The summed E-state index contributed by atoms with van der Waals surface area (Å²) in [4.78, 5) is 16.5. The number of nitrogens with one attached hydrogen (secondary N) is 1. The van der Waals surface area contributed by atoms with Crippen LogP contribution in [0, 0.1) is 13.8 Å². The van der Waals surface area contributed by atoms with Crippen LogP contribution in [0.3, 0.4) is 0 Å². The van der Waals surface area contributed by atoms with Crippen LogP contribution < -0.4 is 5.32 Å². The summed E-state index contributed by atoms with van der Waals surface area (Å²) in [7, 11) is 0. The van der Waals surface area contributed by atoms with Crippen molar-refractivity contribution in [2.24, 2.45) is 0 Å². The van der Waals surface area contributed by atoms with Gasteiger partial charge in [-0.25, -0.2) is 4.79 Å². The predicted molar refractivity (Wildman–Crippen MR) is 99.0 cm³/mol. The Bertz CT molecular complexity index is 876. The number of esters is 1. The number of rotatable bonds is 5. The summed E-state index contributed by atoms with van der Waals surface area (Å²) in [6.45, 7) is 4.32. The van der Waals surface area contributed by atoms with Crippen LogP contribution in [0.1, 0.15) is 27.0 Å². The summed E-state index contributed by atoms with van der Waals surface area (Å²) in [5.41, 5.74) is 5.42. The third kappa shape index (κ3) is 4.04. The number of pyridine rings is 1. The maximum absolute atomic E-state index is 12.5. The van der Waals surface area contributed by atoms with E-state index >= 15 is 0 Å². The summed E-state index contributed by atoms with van der Waals surface area (Å²) in [5, 5.41) is 3.35. The van der Waals surface area contributed by atoms with Crippen molar-refractivity contribution in [1.82, 2.24) is 4.98 Å². The van der Waals surface area contributed by atoms with E-state index in [4.69, 9.17) is 4.74 Å². The van der Waals surface area contributed by atoms with Crippen LogP contribution in [0.2, 0.25) is 0 Å². The molecule has 0 saturated heterocycles. The lowest BCUT2D eigenvalue weighted by atomic mass is 10.1. The second-order valence-corrected chi connectivity index (χ2v) is 5.86. The Morgan fingerprint density at radius 2 is 1.80 bits per heavy atom. The minimum atomic E-state index is -0.364. The zero-order valence-electron chi connectivity index (χ0n) is 14.3. The fourth-order valence-electron chi connectivity index (χ4n) is 2.51. The normalized spacial score (nSPS) is 10.3. The van der Waals surface area contributed by atoms with Crippen LogP contribution in [0.4, 0.5) is 11.4 Å². The van der Waals surface area contributed by atoms with E-state index in [1.807, 2.05) is 42.5 Å². The third-order valence-electron chi connectivity index (χ3n) is 4.11. The molecule has 0 atom stereocenters. The van der Waals surface area contributed by atoms with Gasteiger partial charge in [0.1, 0.15) is 6.61 Å². The van der Waals surface area contributed by atoms with Gasteiger partial charge in [-0.1, -0.05) is 30.3 Å². The predicted octanol–water partition coefficient (Wildman–Crippen LogP) is 4.80. The van der Waals surface area contributed by atoms with Gasteiger partial charge in [-0.2, -0.15) is 0 Å². The van der Waals surface area contributed by atoms with E-state index in [9.17, 15) is 4.79 Å². The van der Waals surface area contributed by atoms with Crippen molar-refractivity contribution in [3.05, 3.63) is 89.2 Å². The van der Waals surface area contributed by atoms with Gasteiger partial charge in [0.2, 0.25) is 0 Å². The molecule has 0 fully saturated rings. The van der Waals surface area contributed by atoms with E-state index in [1.54, 1.807) is 18.5 Å². The molecule has 0 bridgehead atoms. The molecule has 0 amide bonds. The maximum Gasteiger partial charge on any atom is 0.340 e. The lowest BCUT2D eigenvalue weighted by Crippen LogP contribution is -2.08. The van der Waals surface area contributed by atoms with Gasteiger partial charge < -0.3 is 10.1 Å². The van der Waals surface area contributed by atoms with E-state index < -0.39 is 0 Å². The summed E-state index contributed by atoms with van der Waals surface area (Å²) in [6.07, 6.45) is 3.38. The lowest BCUT2D eigenvalue weighted by Gasteiger charge is -2.14. The van der Waals surface area contributed by atoms with Gasteiger partial charge in [-0.15, -0.1) is 0 Å². The Kier molecular flexibility index (Phi) is 5.09. The third-order valence-corrected chi connectivity index (χ3v) is 4.11. The lowest BCUT2D eigenvalue weighted by molar-refractivity contribution is 0.0473. The molecule has 0 aliphatic carbocycles. The second kappa shape index (κ2) is 7.62. The van der Waals surface area contributed by atoms with Crippen molar-refractivity contribution < 1.29 is 9.53 Å². The summed E-state index contributed by atoms with van der Waals surface area (Å²) in [6, 6.07) is 17.1. The highest BCUT2D eigenvalue weighted by molar-refractivity contribution is 5.96. The summed E-state index contributed by atoms with van der Waals surface area (Å²) in [5.74, 6) is -0.364. The van der Waals surface area contributed by atoms with Gasteiger partial charge in [0.15, 0.2) is 0 Å². The average Bonchev–Trinajstić information content (AvgIpc) is 2.65. The Labute approximate surface area is 147 Å². The van der Waals surface area contributed by atoms with Crippen molar-refractivity contribution in [2.75, 3.05) is 5.32 Å². The Morgan fingerprint density at radius 3 is 2.60 bits per heavy atom. The molecule has 4 heteroatoms. The molecule has 25 heavy (non-hydrogen) atoms.